The lowest BCUT2D eigenvalue weighted by Gasteiger charge is -2.41. The molecular formula is C16H24Cl2I2N2O2. The van der Waals surface area contributed by atoms with E-state index in [1.54, 1.807) is 0 Å². The number of aromatic hydroxyl groups is 1. The highest BCUT2D eigenvalue weighted by molar-refractivity contribution is 14.1. The molecule has 1 atom stereocenters. The standard InChI is InChI=1S/C16H22I2N2O2.2ClH/c17-13-9-12(10-14(18)16(13)21)15(11-1-7-22-8-2-11)20-5-3-19-4-6-20;;/h9-11,15,19,21H,1-8H2;2*1H/t15-;;/m1../s1. The fourth-order valence-corrected chi connectivity index (χ4v) is 5.35. The molecule has 0 bridgehead atoms. The second kappa shape index (κ2) is 10.9. The molecule has 2 heterocycles. The van der Waals surface area contributed by atoms with E-state index >= 15 is 0 Å². The van der Waals surface area contributed by atoms with Crippen molar-refractivity contribution in [3.05, 3.63) is 24.8 Å². The number of nitrogens with zero attached hydrogens (tertiary/aromatic N) is 1. The molecule has 0 amide bonds. The minimum absolute atomic E-state index is 0. The molecule has 0 saturated carbocycles. The van der Waals surface area contributed by atoms with Crippen molar-refractivity contribution in [1.29, 1.82) is 0 Å². The van der Waals surface area contributed by atoms with Crippen LogP contribution in [0.2, 0.25) is 0 Å². The van der Waals surface area contributed by atoms with Gasteiger partial charge in [0.15, 0.2) is 0 Å². The van der Waals surface area contributed by atoms with E-state index < -0.39 is 0 Å². The van der Waals surface area contributed by atoms with Crippen LogP contribution in [0.4, 0.5) is 0 Å². The van der Waals surface area contributed by atoms with Gasteiger partial charge in [0.2, 0.25) is 0 Å². The van der Waals surface area contributed by atoms with Gasteiger partial charge in [0.1, 0.15) is 5.75 Å². The van der Waals surface area contributed by atoms with E-state index in [1.807, 2.05) is 0 Å². The van der Waals surface area contributed by atoms with Gasteiger partial charge in [0, 0.05) is 45.4 Å². The van der Waals surface area contributed by atoms with Gasteiger partial charge in [0.25, 0.3) is 0 Å². The zero-order valence-corrected chi connectivity index (χ0v) is 19.3. The molecule has 138 valence electrons. The maximum absolute atomic E-state index is 10.1. The van der Waals surface area contributed by atoms with Crippen molar-refractivity contribution in [1.82, 2.24) is 10.2 Å². The van der Waals surface area contributed by atoms with Crippen molar-refractivity contribution in [2.75, 3.05) is 39.4 Å². The minimum atomic E-state index is 0. The van der Waals surface area contributed by atoms with Crippen molar-refractivity contribution in [3.8, 4) is 5.75 Å². The second-order valence-corrected chi connectivity index (χ2v) is 8.34. The Kier molecular flexibility index (Phi) is 10.5. The maximum Gasteiger partial charge on any atom is 0.142 e. The van der Waals surface area contributed by atoms with Gasteiger partial charge in [-0.25, -0.2) is 0 Å². The molecular weight excluding hydrogens is 577 g/mol. The van der Waals surface area contributed by atoms with E-state index in [4.69, 9.17) is 4.74 Å². The van der Waals surface area contributed by atoms with Gasteiger partial charge in [0.05, 0.1) is 7.14 Å². The molecule has 0 spiro atoms. The Labute approximate surface area is 183 Å². The number of ether oxygens (including phenoxy) is 1. The number of benzene rings is 1. The smallest absolute Gasteiger partial charge is 0.142 e. The normalized spacial score (nSPS) is 20.8. The highest BCUT2D eigenvalue weighted by atomic mass is 127. The lowest BCUT2D eigenvalue weighted by molar-refractivity contribution is 0.0212. The maximum atomic E-state index is 10.1. The van der Waals surface area contributed by atoms with Crippen molar-refractivity contribution in [2.24, 2.45) is 5.92 Å². The monoisotopic (exact) mass is 600 g/mol. The van der Waals surface area contributed by atoms with Gasteiger partial charge in [-0.15, -0.1) is 24.8 Å². The topological polar surface area (TPSA) is 44.7 Å². The predicted molar refractivity (Wildman–Crippen MR) is 119 cm³/mol. The number of hydrogen-bond donors (Lipinski definition) is 2. The van der Waals surface area contributed by atoms with Crippen LogP contribution >= 0.6 is 70.0 Å². The summed E-state index contributed by atoms with van der Waals surface area (Å²) in [5.74, 6) is 1.05. The summed E-state index contributed by atoms with van der Waals surface area (Å²) in [6, 6.07) is 4.77. The zero-order valence-electron chi connectivity index (χ0n) is 13.3. The number of piperazine rings is 1. The van der Waals surface area contributed by atoms with E-state index in [0.29, 0.717) is 17.7 Å². The number of halogens is 4. The summed E-state index contributed by atoms with van der Waals surface area (Å²) in [5.41, 5.74) is 1.35. The Morgan fingerprint density at radius 1 is 1.08 bits per heavy atom. The Bertz CT molecular complexity index is 484. The summed E-state index contributed by atoms with van der Waals surface area (Å²) < 4.78 is 7.47. The molecule has 0 unspecified atom stereocenters. The summed E-state index contributed by atoms with van der Waals surface area (Å²) in [6.07, 6.45) is 2.26. The molecule has 1 aromatic rings. The van der Waals surface area contributed by atoms with Gasteiger partial charge in [-0.2, -0.15) is 0 Å². The molecule has 4 nitrogen and oxygen atoms in total. The molecule has 2 saturated heterocycles. The largest absolute Gasteiger partial charge is 0.506 e. The highest BCUT2D eigenvalue weighted by Gasteiger charge is 2.31. The number of hydrogen-bond acceptors (Lipinski definition) is 4. The quantitative estimate of drug-likeness (QED) is 0.518. The Hall–Kier alpha value is 0.940. The van der Waals surface area contributed by atoms with Gasteiger partial charge in [-0.3, -0.25) is 4.90 Å². The van der Waals surface area contributed by atoms with Crippen LogP contribution in [0.15, 0.2) is 12.1 Å². The van der Waals surface area contributed by atoms with E-state index in [-0.39, 0.29) is 24.8 Å². The van der Waals surface area contributed by atoms with Gasteiger partial charge >= 0.3 is 0 Å². The number of phenols is 1. The van der Waals surface area contributed by atoms with Crippen LogP contribution in [0.1, 0.15) is 24.4 Å². The summed E-state index contributed by atoms with van der Waals surface area (Å²) in [6.45, 7) is 6.06. The third-order valence-electron chi connectivity index (χ3n) is 4.64. The average molecular weight is 601 g/mol. The predicted octanol–water partition coefficient (Wildman–Crippen LogP) is 3.82. The van der Waals surface area contributed by atoms with Crippen LogP contribution in [0.25, 0.3) is 0 Å². The van der Waals surface area contributed by atoms with Crippen LogP contribution in [0, 0.1) is 13.1 Å². The minimum Gasteiger partial charge on any atom is -0.506 e. The number of rotatable bonds is 3. The molecule has 2 fully saturated rings. The lowest BCUT2D eigenvalue weighted by Crippen LogP contribution is -2.47. The van der Waals surface area contributed by atoms with Gasteiger partial charge in [-0.05, 0) is 81.6 Å². The first kappa shape index (κ1) is 23.0. The third-order valence-corrected chi connectivity index (χ3v) is 6.28. The van der Waals surface area contributed by atoms with Crippen LogP contribution in [0.3, 0.4) is 0 Å². The van der Waals surface area contributed by atoms with Crippen molar-refractivity contribution in [3.63, 3.8) is 0 Å². The molecule has 3 rings (SSSR count). The summed E-state index contributed by atoms with van der Waals surface area (Å²) >= 11 is 4.48. The molecule has 8 heteroatoms. The molecule has 1 aromatic carbocycles. The SMILES string of the molecule is Cl.Cl.Oc1c(I)cc([C@@H](C2CCOCC2)N2CCNCC2)cc1I. The van der Waals surface area contributed by atoms with Crippen molar-refractivity contribution >= 4 is 70.0 Å². The van der Waals surface area contributed by atoms with Gasteiger partial charge < -0.3 is 15.2 Å². The number of nitrogens with one attached hydrogen (secondary N) is 1. The molecule has 0 aliphatic carbocycles. The van der Waals surface area contributed by atoms with Crippen molar-refractivity contribution in [2.45, 2.75) is 18.9 Å². The molecule has 24 heavy (non-hydrogen) atoms. The van der Waals surface area contributed by atoms with Crippen LogP contribution in [0.5, 0.6) is 5.75 Å². The first-order valence-electron chi connectivity index (χ1n) is 7.87. The highest BCUT2D eigenvalue weighted by Crippen LogP contribution is 2.38. The fourth-order valence-electron chi connectivity index (χ4n) is 3.53. The fraction of sp³-hybridized carbons (Fsp3) is 0.625. The van der Waals surface area contributed by atoms with Crippen LogP contribution < -0.4 is 5.32 Å². The van der Waals surface area contributed by atoms with Crippen molar-refractivity contribution < 1.29 is 9.84 Å². The number of phenolic OH excluding ortho intramolecular Hbond substituents is 1. The van der Waals surface area contributed by atoms with E-state index in [2.05, 4.69) is 67.5 Å². The Morgan fingerprint density at radius 2 is 1.62 bits per heavy atom. The molecule has 2 N–H and O–H groups in total. The molecule has 0 aromatic heterocycles. The van der Waals surface area contributed by atoms with Gasteiger partial charge in [-0.1, -0.05) is 0 Å². The average Bonchev–Trinajstić information content (AvgIpc) is 2.55. The summed E-state index contributed by atoms with van der Waals surface area (Å²) in [5, 5.41) is 13.5. The van der Waals surface area contributed by atoms with Crippen LogP contribution in [-0.2, 0) is 4.74 Å². The molecule has 2 aliphatic heterocycles. The van der Waals surface area contributed by atoms with E-state index in [1.165, 1.54) is 5.56 Å². The Morgan fingerprint density at radius 3 is 2.17 bits per heavy atom. The van der Waals surface area contributed by atoms with E-state index in [0.717, 1.165) is 59.4 Å². The Balaban J connectivity index is 0.00000144. The lowest BCUT2D eigenvalue weighted by atomic mass is 9.85. The first-order valence-corrected chi connectivity index (χ1v) is 10.0. The third kappa shape index (κ3) is 5.47. The summed E-state index contributed by atoms with van der Waals surface area (Å²) in [7, 11) is 0. The van der Waals surface area contributed by atoms with E-state index in [9.17, 15) is 5.11 Å². The first-order chi connectivity index (χ1) is 10.7. The summed E-state index contributed by atoms with van der Waals surface area (Å²) in [4.78, 5) is 2.62. The van der Waals surface area contributed by atoms with Crippen LogP contribution in [-0.4, -0.2) is 49.4 Å². The molecule has 2 aliphatic rings. The zero-order chi connectivity index (χ0) is 15.5. The molecule has 0 radical (unpaired) electrons. The second-order valence-electron chi connectivity index (χ2n) is 6.01.